The van der Waals surface area contributed by atoms with Crippen molar-refractivity contribution >= 4 is 21.6 Å². The second kappa shape index (κ2) is 3.72. The summed E-state index contributed by atoms with van der Waals surface area (Å²) in [5.41, 5.74) is 0.338. The van der Waals surface area contributed by atoms with Crippen LogP contribution in [-0.2, 0) is 15.6 Å². The van der Waals surface area contributed by atoms with E-state index in [1.807, 2.05) is 26.0 Å². The molecule has 0 atom stereocenters. The minimum absolute atomic E-state index is 0.302. The van der Waals surface area contributed by atoms with Crippen molar-refractivity contribution in [3.8, 4) is 0 Å². The molecule has 0 amide bonds. The lowest BCUT2D eigenvalue weighted by molar-refractivity contribution is 0.256. The van der Waals surface area contributed by atoms with Crippen molar-refractivity contribution in [1.82, 2.24) is 4.31 Å². The molecule has 1 aromatic rings. The number of hydrogen-bond acceptors (Lipinski definition) is 2. The SMILES string of the molecule is CC1(C)c2ccccc2S(=O)(=O)N1CCCl. The molecule has 1 aromatic carbocycles. The molecular weight excluding hydrogens is 246 g/mol. The molecule has 1 heterocycles. The molecule has 0 fully saturated rings. The van der Waals surface area contributed by atoms with Gasteiger partial charge in [0.05, 0.1) is 10.4 Å². The first kappa shape index (κ1) is 11.9. The number of alkyl halides is 1. The Labute approximate surface area is 101 Å². The van der Waals surface area contributed by atoms with E-state index in [-0.39, 0.29) is 0 Å². The van der Waals surface area contributed by atoms with E-state index in [9.17, 15) is 8.42 Å². The maximum atomic E-state index is 12.3. The summed E-state index contributed by atoms with van der Waals surface area (Å²) in [6, 6.07) is 7.12. The Balaban J connectivity index is 2.66. The first-order valence-electron chi connectivity index (χ1n) is 5.10. The zero-order valence-electron chi connectivity index (χ0n) is 9.27. The maximum absolute atomic E-state index is 12.3. The Morgan fingerprint density at radius 1 is 1.31 bits per heavy atom. The zero-order chi connectivity index (χ0) is 12.0. The van der Waals surface area contributed by atoms with E-state index in [1.54, 1.807) is 12.1 Å². The molecule has 2 rings (SSSR count). The third-order valence-electron chi connectivity index (χ3n) is 3.03. The van der Waals surface area contributed by atoms with Crippen LogP contribution in [0.25, 0.3) is 0 Å². The van der Waals surface area contributed by atoms with E-state index < -0.39 is 15.6 Å². The Morgan fingerprint density at radius 2 is 1.94 bits per heavy atom. The number of rotatable bonds is 2. The predicted molar refractivity (Wildman–Crippen MR) is 64.1 cm³/mol. The predicted octanol–water partition coefficient (Wildman–Crippen LogP) is 2.16. The van der Waals surface area contributed by atoms with Gasteiger partial charge in [-0.3, -0.25) is 0 Å². The summed E-state index contributed by atoms with van der Waals surface area (Å²) in [6.07, 6.45) is 0. The van der Waals surface area contributed by atoms with Crippen molar-refractivity contribution in [1.29, 1.82) is 0 Å². The molecule has 0 saturated heterocycles. The largest absolute Gasteiger partial charge is 0.244 e. The number of sulfonamides is 1. The number of nitrogens with zero attached hydrogens (tertiary/aromatic N) is 1. The van der Waals surface area contributed by atoms with Gasteiger partial charge >= 0.3 is 0 Å². The quantitative estimate of drug-likeness (QED) is 0.764. The molecule has 0 spiro atoms. The lowest BCUT2D eigenvalue weighted by atomic mass is 9.94. The Bertz CT molecular complexity index is 510. The molecule has 0 aromatic heterocycles. The van der Waals surface area contributed by atoms with Gasteiger partial charge in [0.15, 0.2) is 0 Å². The van der Waals surface area contributed by atoms with Gasteiger partial charge in [0.1, 0.15) is 0 Å². The minimum atomic E-state index is -3.37. The van der Waals surface area contributed by atoms with Crippen LogP contribution in [0, 0.1) is 0 Å². The lowest BCUT2D eigenvalue weighted by Crippen LogP contribution is -2.40. The summed E-state index contributed by atoms with van der Waals surface area (Å²) in [4.78, 5) is 0.408. The molecule has 0 bridgehead atoms. The van der Waals surface area contributed by atoms with Crippen molar-refractivity contribution in [2.45, 2.75) is 24.3 Å². The summed E-state index contributed by atoms with van der Waals surface area (Å²) in [7, 11) is -3.37. The second-order valence-corrected chi connectivity index (χ2v) is 6.53. The van der Waals surface area contributed by atoms with Crippen LogP contribution in [0.3, 0.4) is 0 Å². The van der Waals surface area contributed by atoms with Gasteiger partial charge in [-0.25, -0.2) is 8.42 Å². The summed E-state index contributed by atoms with van der Waals surface area (Å²) in [5.74, 6) is 0.302. The molecular formula is C11H14ClNO2S. The highest BCUT2D eigenvalue weighted by molar-refractivity contribution is 7.89. The fourth-order valence-electron chi connectivity index (χ4n) is 2.23. The maximum Gasteiger partial charge on any atom is 0.244 e. The Morgan fingerprint density at radius 3 is 2.50 bits per heavy atom. The number of halogens is 1. The van der Waals surface area contributed by atoms with E-state index in [0.717, 1.165) is 5.56 Å². The topological polar surface area (TPSA) is 37.4 Å². The van der Waals surface area contributed by atoms with Gasteiger partial charge in [0.25, 0.3) is 0 Å². The number of hydrogen-bond donors (Lipinski definition) is 0. The van der Waals surface area contributed by atoms with Gasteiger partial charge in [0, 0.05) is 12.4 Å². The second-order valence-electron chi connectivity index (χ2n) is 4.32. The third-order valence-corrected chi connectivity index (χ3v) is 5.33. The summed E-state index contributed by atoms with van der Waals surface area (Å²) in [6.45, 7) is 4.15. The summed E-state index contributed by atoms with van der Waals surface area (Å²) in [5, 5.41) is 0. The van der Waals surface area contributed by atoms with Crippen LogP contribution in [-0.4, -0.2) is 25.1 Å². The number of fused-ring (bicyclic) bond motifs is 1. The Hall–Kier alpha value is -0.580. The highest BCUT2D eigenvalue weighted by Gasteiger charge is 2.47. The van der Waals surface area contributed by atoms with E-state index in [2.05, 4.69) is 0 Å². The molecule has 0 saturated carbocycles. The number of benzene rings is 1. The van der Waals surface area contributed by atoms with E-state index in [0.29, 0.717) is 17.3 Å². The van der Waals surface area contributed by atoms with E-state index in [1.165, 1.54) is 4.31 Å². The smallest absolute Gasteiger partial charge is 0.207 e. The van der Waals surface area contributed by atoms with Gasteiger partial charge in [-0.05, 0) is 25.5 Å². The van der Waals surface area contributed by atoms with Crippen LogP contribution < -0.4 is 0 Å². The van der Waals surface area contributed by atoms with Gasteiger partial charge in [0.2, 0.25) is 10.0 Å². The van der Waals surface area contributed by atoms with Crippen molar-refractivity contribution in [3.05, 3.63) is 29.8 Å². The molecule has 5 heteroatoms. The van der Waals surface area contributed by atoms with Gasteiger partial charge in [-0.2, -0.15) is 4.31 Å². The van der Waals surface area contributed by atoms with E-state index >= 15 is 0 Å². The van der Waals surface area contributed by atoms with Gasteiger partial charge in [-0.1, -0.05) is 18.2 Å². The first-order chi connectivity index (χ1) is 7.42. The molecule has 0 unspecified atom stereocenters. The first-order valence-corrected chi connectivity index (χ1v) is 7.08. The lowest BCUT2D eigenvalue weighted by Gasteiger charge is -2.29. The molecule has 3 nitrogen and oxygen atoms in total. The van der Waals surface area contributed by atoms with E-state index in [4.69, 9.17) is 11.6 Å². The fourth-order valence-corrected chi connectivity index (χ4v) is 4.61. The fraction of sp³-hybridized carbons (Fsp3) is 0.455. The molecule has 88 valence electrons. The average Bonchev–Trinajstić information content (AvgIpc) is 2.38. The van der Waals surface area contributed by atoms with Gasteiger partial charge < -0.3 is 0 Å². The standard InChI is InChI=1S/C11H14ClNO2S/c1-11(2)9-5-3-4-6-10(9)16(14,15)13(11)8-7-12/h3-6H,7-8H2,1-2H3. The summed E-state index contributed by atoms with van der Waals surface area (Å²) >= 11 is 5.67. The summed E-state index contributed by atoms with van der Waals surface area (Å²) < 4.78 is 26.0. The van der Waals surface area contributed by atoms with Crippen molar-refractivity contribution < 1.29 is 8.42 Å². The normalized spacial score (nSPS) is 21.9. The molecule has 0 N–H and O–H groups in total. The zero-order valence-corrected chi connectivity index (χ0v) is 10.8. The molecule has 1 aliphatic rings. The van der Waals surface area contributed by atoms with Gasteiger partial charge in [-0.15, -0.1) is 11.6 Å². The van der Waals surface area contributed by atoms with Crippen LogP contribution in [0.5, 0.6) is 0 Å². The van der Waals surface area contributed by atoms with Crippen LogP contribution in [0.1, 0.15) is 19.4 Å². The van der Waals surface area contributed by atoms with Crippen LogP contribution >= 0.6 is 11.6 Å². The molecule has 16 heavy (non-hydrogen) atoms. The van der Waals surface area contributed by atoms with Crippen LogP contribution in [0.15, 0.2) is 29.2 Å². The van der Waals surface area contributed by atoms with Crippen LogP contribution in [0.4, 0.5) is 0 Å². The molecule has 0 aliphatic carbocycles. The molecule has 0 radical (unpaired) electrons. The molecule has 1 aliphatic heterocycles. The van der Waals surface area contributed by atoms with Crippen molar-refractivity contribution in [2.24, 2.45) is 0 Å². The highest BCUT2D eigenvalue weighted by Crippen LogP contribution is 2.43. The van der Waals surface area contributed by atoms with Crippen molar-refractivity contribution in [2.75, 3.05) is 12.4 Å². The monoisotopic (exact) mass is 259 g/mol. The third kappa shape index (κ3) is 1.48. The average molecular weight is 260 g/mol. The van der Waals surface area contributed by atoms with Crippen molar-refractivity contribution in [3.63, 3.8) is 0 Å². The van der Waals surface area contributed by atoms with Crippen LogP contribution in [0.2, 0.25) is 0 Å². The minimum Gasteiger partial charge on any atom is -0.207 e. The highest BCUT2D eigenvalue weighted by atomic mass is 35.5. The Kier molecular flexibility index (Phi) is 2.77.